The van der Waals surface area contributed by atoms with Crippen molar-refractivity contribution in [3.8, 4) is 11.4 Å². The van der Waals surface area contributed by atoms with Crippen LogP contribution in [0.3, 0.4) is 0 Å². The van der Waals surface area contributed by atoms with Crippen LogP contribution in [0.4, 0.5) is 0 Å². The molecule has 0 aromatic carbocycles. The Labute approximate surface area is 145 Å². The van der Waals surface area contributed by atoms with E-state index in [2.05, 4.69) is 19.9 Å². The van der Waals surface area contributed by atoms with Crippen molar-refractivity contribution in [2.75, 3.05) is 6.54 Å². The molecule has 0 amide bonds. The SMILES string of the molecule is Clc1ccc(CN2CCc3cnc(-c4cccnc4)nc3C2)cn1. The molecule has 0 saturated carbocycles. The van der Waals surface area contributed by atoms with Crippen molar-refractivity contribution in [1.29, 1.82) is 0 Å². The van der Waals surface area contributed by atoms with E-state index in [9.17, 15) is 0 Å². The molecular weight excluding hydrogens is 322 g/mol. The maximum absolute atomic E-state index is 5.85. The zero-order valence-corrected chi connectivity index (χ0v) is 13.8. The molecule has 0 saturated heterocycles. The van der Waals surface area contributed by atoms with Crippen LogP contribution < -0.4 is 0 Å². The second-order valence-corrected chi connectivity index (χ2v) is 6.24. The lowest BCUT2D eigenvalue weighted by molar-refractivity contribution is 0.241. The number of aromatic nitrogens is 4. The van der Waals surface area contributed by atoms with Crippen LogP contribution in [0.15, 0.2) is 49.1 Å². The Morgan fingerprint density at radius 2 is 2.04 bits per heavy atom. The van der Waals surface area contributed by atoms with Crippen molar-refractivity contribution in [3.63, 3.8) is 0 Å². The molecular formula is C18H16ClN5. The second kappa shape index (κ2) is 6.63. The topological polar surface area (TPSA) is 54.8 Å². The minimum Gasteiger partial charge on any atom is -0.293 e. The number of pyridine rings is 2. The summed E-state index contributed by atoms with van der Waals surface area (Å²) in [6.07, 6.45) is 8.29. The maximum Gasteiger partial charge on any atom is 0.160 e. The standard InChI is InChI=1S/C18H16ClN5/c19-17-4-3-13(8-21-17)11-24-7-5-14-10-22-18(23-16(14)12-24)15-2-1-6-20-9-15/h1-4,6,8-10H,5,7,11-12H2. The molecule has 3 aromatic rings. The van der Waals surface area contributed by atoms with Crippen molar-refractivity contribution in [1.82, 2.24) is 24.8 Å². The van der Waals surface area contributed by atoms with E-state index in [1.165, 1.54) is 5.56 Å². The van der Waals surface area contributed by atoms with E-state index >= 15 is 0 Å². The summed E-state index contributed by atoms with van der Waals surface area (Å²) in [5.74, 6) is 0.733. The number of halogens is 1. The summed E-state index contributed by atoms with van der Waals surface area (Å²) < 4.78 is 0. The van der Waals surface area contributed by atoms with E-state index in [1.807, 2.05) is 36.7 Å². The highest BCUT2D eigenvalue weighted by Crippen LogP contribution is 2.21. The number of hydrogen-bond donors (Lipinski definition) is 0. The molecule has 1 aliphatic heterocycles. The average molecular weight is 338 g/mol. The number of fused-ring (bicyclic) bond motifs is 1. The molecule has 0 bridgehead atoms. The van der Waals surface area contributed by atoms with Crippen molar-refractivity contribution < 1.29 is 0 Å². The first-order valence-electron chi connectivity index (χ1n) is 7.86. The zero-order valence-electron chi connectivity index (χ0n) is 13.1. The van der Waals surface area contributed by atoms with Gasteiger partial charge in [-0.2, -0.15) is 0 Å². The predicted molar refractivity (Wildman–Crippen MR) is 92.3 cm³/mol. The minimum atomic E-state index is 0.525. The van der Waals surface area contributed by atoms with E-state index in [0.29, 0.717) is 5.15 Å². The van der Waals surface area contributed by atoms with Crippen molar-refractivity contribution in [2.24, 2.45) is 0 Å². The molecule has 0 spiro atoms. The predicted octanol–water partition coefficient (Wildman–Crippen LogP) is 3.15. The largest absolute Gasteiger partial charge is 0.293 e. The second-order valence-electron chi connectivity index (χ2n) is 5.86. The van der Waals surface area contributed by atoms with Crippen LogP contribution in [0.5, 0.6) is 0 Å². The molecule has 0 atom stereocenters. The Morgan fingerprint density at radius 3 is 2.83 bits per heavy atom. The first kappa shape index (κ1) is 15.2. The molecule has 4 heterocycles. The van der Waals surface area contributed by atoms with Gasteiger partial charge in [0.1, 0.15) is 5.15 Å². The molecule has 0 N–H and O–H groups in total. The quantitative estimate of drug-likeness (QED) is 0.687. The van der Waals surface area contributed by atoms with Gasteiger partial charge in [-0.15, -0.1) is 0 Å². The molecule has 24 heavy (non-hydrogen) atoms. The van der Waals surface area contributed by atoms with Crippen LogP contribution >= 0.6 is 11.6 Å². The van der Waals surface area contributed by atoms with Crippen molar-refractivity contribution in [2.45, 2.75) is 19.5 Å². The first-order chi connectivity index (χ1) is 11.8. The number of hydrogen-bond acceptors (Lipinski definition) is 5. The van der Waals surface area contributed by atoms with Crippen LogP contribution in [-0.2, 0) is 19.5 Å². The van der Waals surface area contributed by atoms with E-state index in [-0.39, 0.29) is 0 Å². The summed E-state index contributed by atoms with van der Waals surface area (Å²) in [4.78, 5) is 19.9. The Hall–Kier alpha value is -2.37. The van der Waals surface area contributed by atoms with Crippen LogP contribution in [0.1, 0.15) is 16.8 Å². The normalized spacial score (nSPS) is 14.4. The van der Waals surface area contributed by atoms with Crippen molar-refractivity contribution >= 4 is 11.6 Å². The van der Waals surface area contributed by atoms with Gasteiger partial charge in [-0.25, -0.2) is 15.0 Å². The lowest BCUT2D eigenvalue weighted by atomic mass is 10.1. The lowest BCUT2D eigenvalue weighted by Crippen LogP contribution is -2.31. The fraction of sp³-hybridized carbons (Fsp3) is 0.222. The van der Waals surface area contributed by atoms with Gasteiger partial charge < -0.3 is 0 Å². The molecule has 120 valence electrons. The van der Waals surface area contributed by atoms with Gasteiger partial charge in [-0.05, 0) is 35.7 Å². The summed E-state index contributed by atoms with van der Waals surface area (Å²) in [5, 5.41) is 0.525. The van der Waals surface area contributed by atoms with Crippen LogP contribution in [0.25, 0.3) is 11.4 Å². The fourth-order valence-electron chi connectivity index (χ4n) is 2.88. The van der Waals surface area contributed by atoms with E-state index in [4.69, 9.17) is 16.6 Å². The Balaban J connectivity index is 1.54. The highest BCUT2D eigenvalue weighted by atomic mass is 35.5. The van der Waals surface area contributed by atoms with Crippen LogP contribution in [-0.4, -0.2) is 31.4 Å². The third kappa shape index (κ3) is 3.27. The maximum atomic E-state index is 5.85. The third-order valence-electron chi connectivity index (χ3n) is 4.14. The van der Waals surface area contributed by atoms with Gasteiger partial charge in [-0.3, -0.25) is 9.88 Å². The molecule has 0 aliphatic carbocycles. The van der Waals surface area contributed by atoms with Crippen molar-refractivity contribution in [3.05, 3.63) is 71.0 Å². The average Bonchev–Trinajstić information content (AvgIpc) is 2.64. The van der Waals surface area contributed by atoms with Gasteiger partial charge >= 0.3 is 0 Å². The van der Waals surface area contributed by atoms with Crippen LogP contribution in [0.2, 0.25) is 5.15 Å². The molecule has 6 heteroatoms. The first-order valence-corrected chi connectivity index (χ1v) is 8.24. The highest BCUT2D eigenvalue weighted by Gasteiger charge is 2.19. The molecule has 5 nitrogen and oxygen atoms in total. The number of rotatable bonds is 3. The summed E-state index contributed by atoms with van der Waals surface area (Å²) in [5.41, 5.74) is 4.42. The Bertz CT molecular complexity index is 836. The summed E-state index contributed by atoms with van der Waals surface area (Å²) >= 11 is 5.85. The van der Waals surface area contributed by atoms with Gasteiger partial charge in [0.15, 0.2) is 5.82 Å². The third-order valence-corrected chi connectivity index (χ3v) is 4.36. The molecule has 3 aromatic heterocycles. The monoisotopic (exact) mass is 337 g/mol. The molecule has 0 unspecified atom stereocenters. The summed E-state index contributed by atoms with van der Waals surface area (Å²) in [6.45, 7) is 2.65. The minimum absolute atomic E-state index is 0.525. The smallest absolute Gasteiger partial charge is 0.160 e. The fourth-order valence-corrected chi connectivity index (χ4v) is 3.00. The zero-order chi connectivity index (χ0) is 16.4. The van der Waals surface area contributed by atoms with Gasteiger partial charge in [0.05, 0.1) is 5.69 Å². The van der Waals surface area contributed by atoms with Gasteiger partial charge in [0.2, 0.25) is 0 Å². The van der Waals surface area contributed by atoms with Gasteiger partial charge in [-0.1, -0.05) is 17.7 Å². The Kier molecular flexibility index (Phi) is 4.19. The Morgan fingerprint density at radius 1 is 1.08 bits per heavy atom. The highest BCUT2D eigenvalue weighted by molar-refractivity contribution is 6.29. The molecule has 0 radical (unpaired) electrons. The molecule has 0 fully saturated rings. The molecule has 1 aliphatic rings. The lowest BCUT2D eigenvalue weighted by Gasteiger charge is -2.27. The summed E-state index contributed by atoms with van der Waals surface area (Å²) in [7, 11) is 0. The van der Waals surface area contributed by atoms with E-state index < -0.39 is 0 Å². The van der Waals surface area contributed by atoms with Gasteiger partial charge in [0.25, 0.3) is 0 Å². The number of nitrogens with zero attached hydrogens (tertiary/aromatic N) is 5. The molecule has 4 rings (SSSR count). The van der Waals surface area contributed by atoms with E-state index in [0.717, 1.165) is 48.7 Å². The summed E-state index contributed by atoms with van der Waals surface area (Å²) in [6, 6.07) is 7.73. The van der Waals surface area contributed by atoms with E-state index in [1.54, 1.807) is 12.4 Å². The van der Waals surface area contributed by atoms with Crippen LogP contribution in [0, 0.1) is 0 Å². The van der Waals surface area contributed by atoms with Gasteiger partial charge in [0, 0.05) is 50.0 Å².